The minimum absolute atomic E-state index is 0.238. The maximum absolute atomic E-state index is 13.0. The molecule has 0 aromatic rings. The predicted octanol–water partition coefficient (Wildman–Crippen LogP) is -0.721. The minimum atomic E-state index is -0.812. The molecule has 25 heavy (non-hydrogen) atoms. The van der Waals surface area contributed by atoms with Gasteiger partial charge in [-0.1, -0.05) is 12.8 Å². The second-order valence-corrected chi connectivity index (χ2v) is 6.80. The van der Waals surface area contributed by atoms with Crippen molar-refractivity contribution < 1.29 is 24.4 Å². The number of hydroxylamine groups is 1. The molecule has 1 saturated heterocycles. The Morgan fingerprint density at radius 1 is 1.04 bits per heavy atom. The van der Waals surface area contributed by atoms with Gasteiger partial charge in [-0.2, -0.15) is 0 Å². The van der Waals surface area contributed by atoms with E-state index in [9.17, 15) is 19.2 Å². The van der Waals surface area contributed by atoms with Crippen molar-refractivity contribution in [3.63, 3.8) is 0 Å². The molecular formula is C16H26N4O5. The summed E-state index contributed by atoms with van der Waals surface area (Å²) in [6.07, 6.45) is 3.92. The van der Waals surface area contributed by atoms with E-state index >= 15 is 0 Å². The highest BCUT2D eigenvalue weighted by Crippen LogP contribution is 2.33. The SMILES string of the molecule is C[C@H](NC(=O)[C@@H]1CCCN1C(=O)[C@H]1CCCC[C@@H]1C(=O)NO)C(N)=O. The van der Waals surface area contributed by atoms with Gasteiger partial charge in [-0.15, -0.1) is 0 Å². The third-order valence-electron chi connectivity index (χ3n) is 5.15. The maximum atomic E-state index is 13.0. The number of nitrogens with two attached hydrogens (primary N) is 1. The van der Waals surface area contributed by atoms with Crippen molar-refractivity contribution in [2.45, 2.75) is 57.5 Å². The first-order valence-electron chi connectivity index (χ1n) is 8.71. The van der Waals surface area contributed by atoms with Gasteiger partial charge in [-0.05, 0) is 32.6 Å². The van der Waals surface area contributed by atoms with Crippen LogP contribution in [-0.2, 0) is 19.2 Å². The Morgan fingerprint density at radius 3 is 2.28 bits per heavy atom. The average Bonchev–Trinajstić information content (AvgIpc) is 3.10. The molecule has 4 amide bonds. The molecule has 2 rings (SSSR count). The number of nitrogens with zero attached hydrogens (tertiary/aromatic N) is 1. The number of nitrogens with one attached hydrogen (secondary N) is 2. The van der Waals surface area contributed by atoms with Crippen LogP contribution in [0.1, 0.15) is 45.4 Å². The van der Waals surface area contributed by atoms with Gasteiger partial charge in [0.2, 0.25) is 23.6 Å². The summed E-state index contributed by atoms with van der Waals surface area (Å²) in [5.74, 6) is -2.96. The molecule has 2 fully saturated rings. The zero-order valence-electron chi connectivity index (χ0n) is 14.4. The van der Waals surface area contributed by atoms with Crippen molar-refractivity contribution in [3.8, 4) is 0 Å². The second-order valence-electron chi connectivity index (χ2n) is 6.80. The van der Waals surface area contributed by atoms with Gasteiger partial charge in [-0.3, -0.25) is 24.4 Å². The van der Waals surface area contributed by atoms with Gasteiger partial charge in [0.25, 0.3) is 0 Å². The summed E-state index contributed by atoms with van der Waals surface area (Å²) in [7, 11) is 0. The van der Waals surface area contributed by atoms with Crippen LogP contribution in [0.25, 0.3) is 0 Å². The van der Waals surface area contributed by atoms with Crippen LogP contribution in [0.3, 0.4) is 0 Å². The van der Waals surface area contributed by atoms with Crippen LogP contribution >= 0.6 is 0 Å². The molecule has 0 bridgehead atoms. The molecule has 1 aliphatic heterocycles. The number of amides is 4. The molecule has 2 aliphatic rings. The zero-order valence-corrected chi connectivity index (χ0v) is 14.4. The lowest BCUT2D eigenvalue weighted by Crippen LogP contribution is -2.53. The second kappa shape index (κ2) is 8.28. The molecule has 0 aromatic heterocycles. The Morgan fingerprint density at radius 2 is 1.68 bits per heavy atom. The maximum Gasteiger partial charge on any atom is 0.247 e. The predicted molar refractivity (Wildman–Crippen MR) is 86.9 cm³/mol. The molecule has 0 unspecified atom stereocenters. The van der Waals surface area contributed by atoms with E-state index in [1.54, 1.807) is 5.48 Å². The van der Waals surface area contributed by atoms with Gasteiger partial charge in [0, 0.05) is 12.5 Å². The van der Waals surface area contributed by atoms with E-state index in [0.29, 0.717) is 32.2 Å². The number of carbonyl (C=O) groups is 4. The zero-order chi connectivity index (χ0) is 18.6. The van der Waals surface area contributed by atoms with E-state index in [-0.39, 0.29) is 5.91 Å². The Kier molecular flexibility index (Phi) is 6.35. The summed E-state index contributed by atoms with van der Waals surface area (Å²) < 4.78 is 0. The summed E-state index contributed by atoms with van der Waals surface area (Å²) >= 11 is 0. The van der Waals surface area contributed by atoms with Crippen molar-refractivity contribution in [2.75, 3.05) is 6.54 Å². The van der Waals surface area contributed by atoms with E-state index in [0.717, 1.165) is 12.8 Å². The van der Waals surface area contributed by atoms with E-state index in [1.165, 1.54) is 11.8 Å². The van der Waals surface area contributed by atoms with Crippen LogP contribution in [0.4, 0.5) is 0 Å². The number of carbonyl (C=O) groups excluding carboxylic acids is 4. The lowest BCUT2D eigenvalue weighted by atomic mass is 9.78. The fourth-order valence-electron chi connectivity index (χ4n) is 3.72. The minimum Gasteiger partial charge on any atom is -0.368 e. The van der Waals surface area contributed by atoms with Crippen LogP contribution in [0.5, 0.6) is 0 Å². The third kappa shape index (κ3) is 4.28. The molecule has 0 spiro atoms. The summed E-state index contributed by atoms with van der Waals surface area (Å²) in [5.41, 5.74) is 6.80. The first kappa shape index (κ1) is 19.2. The molecular weight excluding hydrogens is 328 g/mol. The van der Waals surface area contributed by atoms with E-state index in [2.05, 4.69) is 5.32 Å². The van der Waals surface area contributed by atoms with Crippen molar-refractivity contribution in [1.82, 2.24) is 15.7 Å². The highest BCUT2D eigenvalue weighted by molar-refractivity contribution is 5.93. The standard InChI is InChI=1S/C16H26N4O5/c1-9(13(17)21)18-15(23)12-7-4-8-20(12)16(24)11-6-3-2-5-10(11)14(22)19-25/h9-12,25H,2-8H2,1H3,(H2,17,21)(H,18,23)(H,19,22)/t9-,10-,11-,12-/m0/s1. The molecule has 5 N–H and O–H groups in total. The van der Waals surface area contributed by atoms with Gasteiger partial charge in [0.15, 0.2) is 0 Å². The molecule has 4 atom stereocenters. The van der Waals surface area contributed by atoms with Gasteiger partial charge >= 0.3 is 0 Å². The lowest BCUT2D eigenvalue weighted by molar-refractivity contribution is -0.149. The summed E-state index contributed by atoms with van der Waals surface area (Å²) in [5, 5.41) is 11.4. The molecule has 0 radical (unpaired) electrons. The Hall–Kier alpha value is -2.16. The number of hydrogen-bond acceptors (Lipinski definition) is 5. The highest BCUT2D eigenvalue weighted by Gasteiger charge is 2.42. The summed E-state index contributed by atoms with van der Waals surface area (Å²) in [4.78, 5) is 49.8. The van der Waals surface area contributed by atoms with Gasteiger partial charge in [0.1, 0.15) is 12.1 Å². The topological polar surface area (TPSA) is 142 Å². The quantitative estimate of drug-likeness (QED) is 0.381. The van der Waals surface area contributed by atoms with Crippen molar-refractivity contribution in [2.24, 2.45) is 17.6 Å². The fourth-order valence-corrected chi connectivity index (χ4v) is 3.72. The smallest absolute Gasteiger partial charge is 0.247 e. The summed E-state index contributed by atoms with van der Waals surface area (Å²) in [6, 6.07) is -1.47. The van der Waals surface area contributed by atoms with Crippen LogP contribution in [0, 0.1) is 11.8 Å². The lowest BCUT2D eigenvalue weighted by Gasteiger charge is -2.34. The van der Waals surface area contributed by atoms with Crippen LogP contribution in [0.15, 0.2) is 0 Å². The van der Waals surface area contributed by atoms with Crippen LogP contribution in [-0.4, -0.2) is 52.4 Å². The fraction of sp³-hybridized carbons (Fsp3) is 0.750. The van der Waals surface area contributed by atoms with Crippen molar-refractivity contribution >= 4 is 23.6 Å². The van der Waals surface area contributed by atoms with Crippen LogP contribution in [0.2, 0.25) is 0 Å². The number of likely N-dealkylation sites (tertiary alicyclic amines) is 1. The van der Waals surface area contributed by atoms with Crippen molar-refractivity contribution in [3.05, 3.63) is 0 Å². The largest absolute Gasteiger partial charge is 0.368 e. The molecule has 1 heterocycles. The third-order valence-corrected chi connectivity index (χ3v) is 5.15. The summed E-state index contributed by atoms with van der Waals surface area (Å²) in [6.45, 7) is 1.93. The Balaban J connectivity index is 2.09. The molecule has 1 saturated carbocycles. The molecule has 140 valence electrons. The first-order valence-corrected chi connectivity index (χ1v) is 8.71. The Labute approximate surface area is 146 Å². The Bertz CT molecular complexity index is 553. The van der Waals surface area contributed by atoms with Gasteiger partial charge in [0.05, 0.1) is 5.92 Å². The van der Waals surface area contributed by atoms with Gasteiger partial charge < -0.3 is 16.0 Å². The monoisotopic (exact) mass is 354 g/mol. The molecule has 9 nitrogen and oxygen atoms in total. The van der Waals surface area contributed by atoms with E-state index in [1.807, 2.05) is 0 Å². The number of hydrogen-bond donors (Lipinski definition) is 4. The first-order chi connectivity index (χ1) is 11.9. The average molecular weight is 354 g/mol. The van der Waals surface area contributed by atoms with E-state index in [4.69, 9.17) is 10.9 Å². The number of rotatable bonds is 5. The normalized spacial score (nSPS) is 27.4. The molecule has 0 aromatic carbocycles. The van der Waals surface area contributed by atoms with Crippen LogP contribution < -0.4 is 16.5 Å². The van der Waals surface area contributed by atoms with Crippen molar-refractivity contribution in [1.29, 1.82) is 0 Å². The van der Waals surface area contributed by atoms with Gasteiger partial charge in [-0.25, -0.2) is 5.48 Å². The highest BCUT2D eigenvalue weighted by atomic mass is 16.5. The number of primary amides is 1. The van der Waals surface area contributed by atoms with E-state index < -0.39 is 41.6 Å². The molecule has 1 aliphatic carbocycles. The molecule has 9 heteroatoms.